The van der Waals surface area contributed by atoms with Crippen molar-refractivity contribution in [2.75, 3.05) is 6.54 Å². The van der Waals surface area contributed by atoms with E-state index in [1.165, 1.54) is 0 Å². The molecule has 1 aliphatic rings. The van der Waals surface area contributed by atoms with Gasteiger partial charge in [-0.3, -0.25) is 4.79 Å². The summed E-state index contributed by atoms with van der Waals surface area (Å²) in [6.45, 7) is 4.93. The monoisotopic (exact) mass is 278 g/mol. The van der Waals surface area contributed by atoms with Crippen LogP contribution in [0.25, 0.3) is 0 Å². The Morgan fingerprint density at radius 1 is 1.45 bits per heavy atom. The molecule has 1 aromatic carbocycles. The van der Waals surface area contributed by atoms with Crippen LogP contribution in [0.1, 0.15) is 25.8 Å². The second-order valence-corrected chi connectivity index (χ2v) is 5.38. The van der Waals surface area contributed by atoms with E-state index in [1.54, 1.807) is 0 Å². The maximum Gasteiger partial charge on any atom is 0.237 e. The second-order valence-electron chi connectivity index (χ2n) is 5.38. The average Bonchev–Trinajstić information content (AvgIpc) is 2.84. The van der Waals surface area contributed by atoms with Crippen molar-refractivity contribution in [1.29, 1.82) is 0 Å². The number of carbonyl (C=O) groups excluding carboxylic acids is 1. The highest BCUT2D eigenvalue weighted by Crippen LogP contribution is 2.14. The van der Waals surface area contributed by atoms with Gasteiger partial charge in [0.05, 0.1) is 18.2 Å². The zero-order valence-corrected chi connectivity index (χ0v) is 11.9. The number of hydrogen-bond acceptors (Lipinski definition) is 4. The van der Waals surface area contributed by atoms with Gasteiger partial charge in [-0.1, -0.05) is 12.1 Å². The molecule has 5 heteroatoms. The smallest absolute Gasteiger partial charge is 0.237 e. The van der Waals surface area contributed by atoms with E-state index >= 15 is 0 Å². The Labute approximate surface area is 119 Å². The van der Waals surface area contributed by atoms with Gasteiger partial charge in [0.1, 0.15) is 5.75 Å². The van der Waals surface area contributed by atoms with Crippen LogP contribution in [-0.4, -0.2) is 35.8 Å². The summed E-state index contributed by atoms with van der Waals surface area (Å²) in [6, 6.07) is 7.40. The maximum atomic E-state index is 11.9. The molecule has 0 radical (unpaired) electrons. The summed E-state index contributed by atoms with van der Waals surface area (Å²) in [5, 5.41) is 15.2. The minimum absolute atomic E-state index is 0.0657. The molecule has 2 rings (SSSR count). The Morgan fingerprint density at radius 2 is 2.15 bits per heavy atom. The fraction of sp³-hybridized carbons (Fsp3) is 0.533. The van der Waals surface area contributed by atoms with E-state index in [0.29, 0.717) is 19.5 Å². The number of aliphatic hydroxyl groups excluding tert-OH is 1. The lowest BCUT2D eigenvalue weighted by Crippen LogP contribution is -2.39. The molecule has 0 aliphatic carbocycles. The lowest BCUT2D eigenvalue weighted by Gasteiger charge is -2.12. The molecule has 0 unspecified atom stereocenters. The van der Waals surface area contributed by atoms with E-state index in [-0.39, 0.29) is 18.1 Å². The summed E-state index contributed by atoms with van der Waals surface area (Å²) in [7, 11) is 0. The van der Waals surface area contributed by atoms with Gasteiger partial charge in [-0.05, 0) is 38.0 Å². The molecule has 1 saturated heterocycles. The van der Waals surface area contributed by atoms with Gasteiger partial charge in [0.15, 0.2) is 0 Å². The Morgan fingerprint density at radius 3 is 2.70 bits per heavy atom. The average molecular weight is 278 g/mol. The van der Waals surface area contributed by atoms with Gasteiger partial charge >= 0.3 is 0 Å². The molecule has 0 bridgehead atoms. The molecule has 1 fully saturated rings. The largest absolute Gasteiger partial charge is 0.491 e. The van der Waals surface area contributed by atoms with Crippen molar-refractivity contribution in [3.05, 3.63) is 29.8 Å². The highest BCUT2D eigenvalue weighted by Gasteiger charge is 2.27. The summed E-state index contributed by atoms with van der Waals surface area (Å²) in [4.78, 5) is 11.9. The zero-order valence-electron chi connectivity index (χ0n) is 11.9. The van der Waals surface area contributed by atoms with E-state index < -0.39 is 6.10 Å². The fourth-order valence-corrected chi connectivity index (χ4v) is 2.19. The third kappa shape index (κ3) is 4.21. The standard InChI is InChI=1S/C15H22N2O3/c1-10(2)20-13-5-3-11(4-6-13)8-17-15(19)14-7-12(18)9-16-14/h3-6,10,12,14,16,18H,7-9H2,1-2H3,(H,17,19)/t12-,14+/m1/s1. The number of carbonyl (C=O) groups is 1. The minimum atomic E-state index is -0.418. The van der Waals surface area contributed by atoms with Crippen molar-refractivity contribution in [1.82, 2.24) is 10.6 Å². The van der Waals surface area contributed by atoms with Crippen LogP contribution in [-0.2, 0) is 11.3 Å². The van der Waals surface area contributed by atoms with Crippen molar-refractivity contribution in [3.8, 4) is 5.75 Å². The van der Waals surface area contributed by atoms with Gasteiger partial charge in [0.25, 0.3) is 0 Å². The van der Waals surface area contributed by atoms with Gasteiger partial charge in [-0.15, -0.1) is 0 Å². The minimum Gasteiger partial charge on any atom is -0.491 e. The third-order valence-corrected chi connectivity index (χ3v) is 3.19. The lowest BCUT2D eigenvalue weighted by atomic mass is 10.1. The summed E-state index contributed by atoms with van der Waals surface area (Å²) in [5.41, 5.74) is 1.02. The number of nitrogens with one attached hydrogen (secondary N) is 2. The Hall–Kier alpha value is -1.59. The first-order chi connectivity index (χ1) is 9.54. The number of hydrogen-bond donors (Lipinski definition) is 3. The summed E-state index contributed by atoms with van der Waals surface area (Å²) >= 11 is 0. The Balaban J connectivity index is 1.80. The summed E-state index contributed by atoms with van der Waals surface area (Å²) < 4.78 is 5.56. The van der Waals surface area contributed by atoms with E-state index in [9.17, 15) is 9.90 Å². The molecular formula is C15H22N2O3. The first kappa shape index (κ1) is 14.8. The normalized spacial score (nSPS) is 22.0. The SMILES string of the molecule is CC(C)Oc1ccc(CNC(=O)[C@@H]2C[C@@H](O)CN2)cc1. The van der Waals surface area contributed by atoms with Crippen LogP contribution in [0.2, 0.25) is 0 Å². The van der Waals surface area contributed by atoms with Crippen molar-refractivity contribution < 1.29 is 14.6 Å². The number of amides is 1. The van der Waals surface area contributed by atoms with Crippen LogP contribution >= 0.6 is 0 Å². The van der Waals surface area contributed by atoms with Gasteiger partial charge in [0.2, 0.25) is 5.91 Å². The van der Waals surface area contributed by atoms with Crippen molar-refractivity contribution in [2.24, 2.45) is 0 Å². The van der Waals surface area contributed by atoms with Crippen LogP contribution in [0.3, 0.4) is 0 Å². The fourth-order valence-electron chi connectivity index (χ4n) is 2.19. The third-order valence-electron chi connectivity index (χ3n) is 3.19. The van der Waals surface area contributed by atoms with Gasteiger partial charge < -0.3 is 20.5 Å². The predicted molar refractivity (Wildman–Crippen MR) is 76.5 cm³/mol. The molecule has 0 spiro atoms. The molecular weight excluding hydrogens is 256 g/mol. The van der Waals surface area contributed by atoms with Crippen molar-refractivity contribution in [2.45, 2.75) is 45.1 Å². The molecule has 110 valence electrons. The van der Waals surface area contributed by atoms with Crippen LogP contribution in [0, 0.1) is 0 Å². The van der Waals surface area contributed by atoms with Crippen LogP contribution < -0.4 is 15.4 Å². The summed E-state index contributed by atoms with van der Waals surface area (Å²) in [6.07, 6.45) is 0.214. The highest BCUT2D eigenvalue weighted by atomic mass is 16.5. The molecule has 0 saturated carbocycles. The Bertz CT molecular complexity index is 445. The van der Waals surface area contributed by atoms with E-state index in [2.05, 4.69) is 10.6 Å². The number of benzene rings is 1. The Kier molecular flexibility index (Phi) is 4.98. The highest BCUT2D eigenvalue weighted by molar-refractivity contribution is 5.82. The van der Waals surface area contributed by atoms with Crippen LogP contribution in [0.5, 0.6) is 5.75 Å². The van der Waals surface area contributed by atoms with Crippen molar-refractivity contribution in [3.63, 3.8) is 0 Å². The number of ether oxygens (including phenoxy) is 1. The van der Waals surface area contributed by atoms with E-state index in [1.807, 2.05) is 38.1 Å². The quantitative estimate of drug-likeness (QED) is 0.745. The molecule has 1 aromatic rings. The maximum absolute atomic E-state index is 11.9. The molecule has 3 N–H and O–H groups in total. The number of aliphatic hydroxyl groups is 1. The van der Waals surface area contributed by atoms with Gasteiger partial charge in [-0.2, -0.15) is 0 Å². The van der Waals surface area contributed by atoms with Gasteiger partial charge in [-0.25, -0.2) is 0 Å². The zero-order chi connectivity index (χ0) is 14.5. The predicted octanol–water partition coefficient (Wildman–Crippen LogP) is 0.813. The van der Waals surface area contributed by atoms with Crippen LogP contribution in [0.15, 0.2) is 24.3 Å². The molecule has 20 heavy (non-hydrogen) atoms. The lowest BCUT2D eigenvalue weighted by molar-refractivity contribution is -0.123. The molecule has 0 aromatic heterocycles. The first-order valence-corrected chi connectivity index (χ1v) is 6.99. The second kappa shape index (κ2) is 6.72. The first-order valence-electron chi connectivity index (χ1n) is 6.99. The van der Waals surface area contributed by atoms with Crippen molar-refractivity contribution >= 4 is 5.91 Å². The molecule has 1 amide bonds. The molecule has 1 aliphatic heterocycles. The molecule has 1 heterocycles. The van der Waals surface area contributed by atoms with Gasteiger partial charge in [0, 0.05) is 13.1 Å². The van der Waals surface area contributed by atoms with E-state index in [4.69, 9.17) is 4.74 Å². The number of β-amino-alcohol motifs (C(OH)–C–C–N with tert-alkyl or cyclic N) is 1. The summed E-state index contributed by atoms with van der Waals surface area (Å²) in [5.74, 6) is 0.764. The van der Waals surface area contributed by atoms with Crippen LogP contribution in [0.4, 0.5) is 0 Å². The number of rotatable bonds is 5. The molecule has 2 atom stereocenters. The molecule has 5 nitrogen and oxygen atoms in total. The topological polar surface area (TPSA) is 70.6 Å². The van der Waals surface area contributed by atoms with E-state index in [0.717, 1.165) is 11.3 Å².